The molecule has 0 radical (unpaired) electrons. The Morgan fingerprint density at radius 1 is 0.933 bits per heavy atom. The number of hydrogen-bond acceptors (Lipinski definition) is 3. The van der Waals surface area contributed by atoms with Crippen molar-refractivity contribution in [3.63, 3.8) is 0 Å². The van der Waals surface area contributed by atoms with Crippen LogP contribution in [0.4, 0.5) is 0 Å². The molecule has 2 aliphatic rings. The molecular formula is C12H22O3. The molecule has 0 amide bonds. The zero-order chi connectivity index (χ0) is 11.3. The largest absolute Gasteiger partial charge is 0.393 e. The average Bonchev–Trinajstić information content (AvgIpc) is 2.25. The van der Waals surface area contributed by atoms with Gasteiger partial charge in [-0.2, -0.15) is 0 Å². The maximum Gasteiger partial charge on any atom is 0.170 e. The maximum absolute atomic E-state index is 9.50. The van der Waals surface area contributed by atoms with Crippen LogP contribution in [0, 0.1) is 0 Å². The molecule has 0 atom stereocenters. The van der Waals surface area contributed by atoms with Gasteiger partial charge in [-0.3, -0.25) is 0 Å². The first-order chi connectivity index (χ1) is 6.77. The summed E-state index contributed by atoms with van der Waals surface area (Å²) in [5.41, 5.74) is -0.509. The van der Waals surface area contributed by atoms with E-state index in [1.165, 1.54) is 0 Å². The smallest absolute Gasteiger partial charge is 0.170 e. The van der Waals surface area contributed by atoms with Gasteiger partial charge in [0.15, 0.2) is 5.79 Å². The van der Waals surface area contributed by atoms with Crippen molar-refractivity contribution in [3.8, 4) is 0 Å². The normalized spacial score (nSPS) is 33.4. The Bertz CT molecular complexity index is 232. The Morgan fingerprint density at radius 3 is 1.73 bits per heavy atom. The molecule has 1 N–H and O–H groups in total. The molecule has 0 bridgehead atoms. The molecule has 1 spiro atoms. The fourth-order valence-electron chi connectivity index (χ4n) is 2.44. The van der Waals surface area contributed by atoms with E-state index in [0.29, 0.717) is 0 Å². The van der Waals surface area contributed by atoms with Crippen molar-refractivity contribution < 1.29 is 14.6 Å². The average molecular weight is 214 g/mol. The Kier molecular flexibility index (Phi) is 2.42. The lowest BCUT2D eigenvalue weighted by atomic mass is 9.90. The predicted octanol–water partition coefficient (Wildman–Crippen LogP) is 2.22. The molecule has 0 aromatic carbocycles. The Labute approximate surface area is 91.8 Å². The number of hydrogen-bond donors (Lipinski definition) is 1. The molecule has 2 rings (SSSR count). The minimum atomic E-state index is -0.438. The molecule has 0 unspecified atom stereocenters. The predicted molar refractivity (Wildman–Crippen MR) is 57.5 cm³/mol. The van der Waals surface area contributed by atoms with Gasteiger partial charge in [-0.25, -0.2) is 0 Å². The van der Waals surface area contributed by atoms with Gasteiger partial charge in [0.05, 0.1) is 17.3 Å². The van der Waals surface area contributed by atoms with Crippen LogP contribution < -0.4 is 0 Å². The molecule has 1 heterocycles. The van der Waals surface area contributed by atoms with Crippen LogP contribution in [0.5, 0.6) is 0 Å². The lowest BCUT2D eigenvalue weighted by molar-refractivity contribution is -0.217. The van der Waals surface area contributed by atoms with Gasteiger partial charge in [-0.05, 0) is 40.5 Å². The van der Waals surface area contributed by atoms with E-state index in [4.69, 9.17) is 9.47 Å². The summed E-state index contributed by atoms with van der Waals surface area (Å²) in [5.74, 6) is -0.438. The summed E-state index contributed by atoms with van der Waals surface area (Å²) in [7, 11) is 0. The zero-order valence-electron chi connectivity index (χ0n) is 10.2. The second-order valence-corrected chi connectivity index (χ2v) is 5.87. The lowest BCUT2D eigenvalue weighted by Crippen LogP contribution is -2.41. The maximum atomic E-state index is 9.50. The van der Waals surface area contributed by atoms with Crippen LogP contribution in [0.25, 0.3) is 0 Å². The highest BCUT2D eigenvalue weighted by atomic mass is 16.8. The summed E-state index contributed by atoms with van der Waals surface area (Å²) in [6.45, 7) is 8.30. The van der Waals surface area contributed by atoms with Gasteiger partial charge >= 0.3 is 0 Å². The first kappa shape index (κ1) is 11.4. The monoisotopic (exact) mass is 214 g/mol. The second kappa shape index (κ2) is 3.19. The van der Waals surface area contributed by atoms with E-state index in [1.807, 2.05) is 0 Å². The van der Waals surface area contributed by atoms with Crippen molar-refractivity contribution in [2.24, 2.45) is 0 Å². The van der Waals surface area contributed by atoms with Crippen molar-refractivity contribution in [2.75, 3.05) is 0 Å². The summed E-state index contributed by atoms with van der Waals surface area (Å²) in [4.78, 5) is 0. The summed E-state index contributed by atoms with van der Waals surface area (Å²) < 4.78 is 12.2. The van der Waals surface area contributed by atoms with Crippen LogP contribution in [0.3, 0.4) is 0 Å². The number of aliphatic hydroxyl groups is 1. The van der Waals surface area contributed by atoms with Crippen LogP contribution >= 0.6 is 0 Å². The van der Waals surface area contributed by atoms with Gasteiger partial charge < -0.3 is 14.6 Å². The molecule has 88 valence electrons. The van der Waals surface area contributed by atoms with E-state index < -0.39 is 5.79 Å². The molecule has 1 saturated heterocycles. The SMILES string of the molecule is CC1(C)OC2(CCC(O)CC2)OC1(C)C. The van der Waals surface area contributed by atoms with Crippen molar-refractivity contribution in [3.05, 3.63) is 0 Å². The number of ether oxygens (including phenoxy) is 2. The highest BCUT2D eigenvalue weighted by Crippen LogP contribution is 2.49. The highest BCUT2D eigenvalue weighted by molar-refractivity contribution is 5.00. The van der Waals surface area contributed by atoms with E-state index in [9.17, 15) is 5.11 Å². The molecule has 1 aliphatic carbocycles. The molecule has 15 heavy (non-hydrogen) atoms. The third-order valence-corrected chi connectivity index (χ3v) is 4.05. The fraction of sp³-hybridized carbons (Fsp3) is 1.00. The first-order valence-electron chi connectivity index (χ1n) is 5.85. The van der Waals surface area contributed by atoms with Crippen molar-refractivity contribution in [2.45, 2.75) is 76.5 Å². The molecule has 1 saturated carbocycles. The Hall–Kier alpha value is -0.120. The Balaban J connectivity index is 2.14. The molecular weight excluding hydrogens is 192 g/mol. The van der Waals surface area contributed by atoms with Gasteiger partial charge in [0.25, 0.3) is 0 Å². The molecule has 0 aromatic rings. The van der Waals surface area contributed by atoms with Gasteiger partial charge in [0, 0.05) is 12.8 Å². The molecule has 3 heteroatoms. The second-order valence-electron chi connectivity index (χ2n) is 5.87. The van der Waals surface area contributed by atoms with E-state index in [2.05, 4.69) is 27.7 Å². The highest BCUT2D eigenvalue weighted by Gasteiger charge is 2.57. The lowest BCUT2D eigenvalue weighted by Gasteiger charge is -2.35. The molecule has 0 aromatic heterocycles. The molecule has 3 nitrogen and oxygen atoms in total. The summed E-state index contributed by atoms with van der Waals surface area (Å²) in [6.07, 6.45) is 3.01. The van der Waals surface area contributed by atoms with E-state index >= 15 is 0 Å². The van der Waals surface area contributed by atoms with Crippen LogP contribution in [0.2, 0.25) is 0 Å². The summed E-state index contributed by atoms with van der Waals surface area (Å²) >= 11 is 0. The van der Waals surface area contributed by atoms with Gasteiger partial charge in [0.1, 0.15) is 0 Å². The first-order valence-corrected chi connectivity index (χ1v) is 5.85. The van der Waals surface area contributed by atoms with Crippen molar-refractivity contribution in [1.29, 1.82) is 0 Å². The van der Waals surface area contributed by atoms with Gasteiger partial charge in [0.2, 0.25) is 0 Å². The quantitative estimate of drug-likeness (QED) is 0.672. The molecule has 1 aliphatic heterocycles. The minimum absolute atomic E-state index is 0.172. The van der Waals surface area contributed by atoms with Crippen LogP contribution in [0.1, 0.15) is 53.4 Å². The minimum Gasteiger partial charge on any atom is -0.393 e. The third-order valence-electron chi connectivity index (χ3n) is 4.05. The van der Waals surface area contributed by atoms with Crippen LogP contribution in [0.15, 0.2) is 0 Å². The van der Waals surface area contributed by atoms with Gasteiger partial charge in [-0.15, -0.1) is 0 Å². The van der Waals surface area contributed by atoms with Crippen LogP contribution in [-0.4, -0.2) is 28.2 Å². The zero-order valence-corrected chi connectivity index (χ0v) is 10.2. The molecule has 2 fully saturated rings. The van der Waals surface area contributed by atoms with Crippen molar-refractivity contribution in [1.82, 2.24) is 0 Å². The van der Waals surface area contributed by atoms with Crippen LogP contribution in [-0.2, 0) is 9.47 Å². The topological polar surface area (TPSA) is 38.7 Å². The Morgan fingerprint density at radius 2 is 1.33 bits per heavy atom. The van der Waals surface area contributed by atoms with E-state index in [-0.39, 0.29) is 17.3 Å². The summed E-state index contributed by atoms with van der Waals surface area (Å²) in [5, 5.41) is 9.50. The standard InChI is InChI=1S/C12H22O3/c1-10(2)11(3,4)15-12(14-10)7-5-9(13)6-8-12/h9,13H,5-8H2,1-4H3. The van der Waals surface area contributed by atoms with Gasteiger partial charge in [-0.1, -0.05) is 0 Å². The van der Waals surface area contributed by atoms with E-state index in [1.54, 1.807) is 0 Å². The number of rotatable bonds is 0. The fourth-order valence-corrected chi connectivity index (χ4v) is 2.44. The summed E-state index contributed by atoms with van der Waals surface area (Å²) in [6, 6.07) is 0. The van der Waals surface area contributed by atoms with Crippen molar-refractivity contribution >= 4 is 0 Å². The number of aliphatic hydroxyl groups excluding tert-OH is 1. The van der Waals surface area contributed by atoms with E-state index in [0.717, 1.165) is 25.7 Å². The third kappa shape index (κ3) is 1.81.